The molecule has 2 atom stereocenters. The average molecular weight is 417 g/mol. The van der Waals surface area contributed by atoms with Crippen molar-refractivity contribution in [2.45, 2.75) is 65.1 Å². The first-order valence-corrected chi connectivity index (χ1v) is 11.1. The Morgan fingerprint density at radius 3 is 2.23 bits per heavy atom. The molecule has 2 aliphatic rings. The average Bonchev–Trinajstić information content (AvgIpc) is 2.70. The van der Waals surface area contributed by atoms with Crippen molar-refractivity contribution in [3.05, 3.63) is 29.8 Å². The smallest absolute Gasteiger partial charge is 0.260 e. The number of para-hydroxylation sites is 1. The lowest BCUT2D eigenvalue weighted by Crippen LogP contribution is -2.52. The lowest BCUT2D eigenvalue weighted by atomic mass is 9.86. The summed E-state index contributed by atoms with van der Waals surface area (Å²) in [5, 5.41) is 0. The number of benzene rings is 1. The molecule has 2 unspecified atom stereocenters. The molecular weight excluding hydrogens is 380 g/mol. The van der Waals surface area contributed by atoms with Gasteiger partial charge in [0.2, 0.25) is 5.91 Å². The van der Waals surface area contributed by atoms with Gasteiger partial charge >= 0.3 is 0 Å². The van der Waals surface area contributed by atoms with Gasteiger partial charge in [0.05, 0.1) is 12.2 Å². The van der Waals surface area contributed by atoms with E-state index in [2.05, 4.69) is 20.8 Å². The quantitative estimate of drug-likeness (QED) is 0.756. The number of carbonyl (C=O) groups is 2. The van der Waals surface area contributed by atoms with Crippen molar-refractivity contribution in [3.63, 3.8) is 0 Å². The minimum Gasteiger partial charge on any atom is -0.483 e. The van der Waals surface area contributed by atoms with Gasteiger partial charge in [-0.3, -0.25) is 9.59 Å². The highest BCUT2D eigenvalue weighted by Gasteiger charge is 2.33. The monoisotopic (exact) mass is 416 g/mol. The molecule has 1 aromatic carbocycles. The minimum atomic E-state index is -0.0488. The van der Waals surface area contributed by atoms with Gasteiger partial charge in [-0.15, -0.1) is 0 Å². The van der Waals surface area contributed by atoms with E-state index in [9.17, 15) is 9.59 Å². The van der Waals surface area contributed by atoms with E-state index in [-0.39, 0.29) is 42.0 Å². The van der Waals surface area contributed by atoms with Crippen LogP contribution in [0.5, 0.6) is 5.75 Å². The van der Waals surface area contributed by atoms with Gasteiger partial charge in [-0.2, -0.15) is 0 Å². The van der Waals surface area contributed by atoms with Crippen LogP contribution in [0.3, 0.4) is 0 Å². The van der Waals surface area contributed by atoms with Crippen LogP contribution in [0.1, 0.15) is 53.0 Å². The molecule has 166 valence electrons. The second-order valence-electron chi connectivity index (χ2n) is 9.69. The van der Waals surface area contributed by atoms with Gasteiger partial charge in [0.1, 0.15) is 5.75 Å². The summed E-state index contributed by atoms with van der Waals surface area (Å²) >= 11 is 0. The Morgan fingerprint density at radius 2 is 1.63 bits per heavy atom. The third kappa shape index (κ3) is 5.54. The number of likely N-dealkylation sites (tertiary alicyclic amines) is 1. The Bertz CT molecular complexity index is 740. The number of ether oxygens (including phenoxy) is 2. The Labute approximate surface area is 180 Å². The van der Waals surface area contributed by atoms with E-state index in [1.807, 2.05) is 47.9 Å². The summed E-state index contributed by atoms with van der Waals surface area (Å²) in [5.41, 5.74) is 1.04. The lowest BCUT2D eigenvalue weighted by Gasteiger charge is -2.39. The van der Waals surface area contributed by atoms with Crippen molar-refractivity contribution >= 4 is 11.8 Å². The van der Waals surface area contributed by atoms with Crippen molar-refractivity contribution in [2.75, 3.05) is 32.8 Å². The molecule has 2 aliphatic heterocycles. The standard InChI is InChI=1S/C24H36N2O4/c1-17-14-26(15-18(2)30-17)23(28)19-10-12-25(13-11-19)22(27)16-29-21-9-7-6-8-20(21)24(3,4)5/h6-9,17-19H,10-16H2,1-5H3. The molecule has 6 nitrogen and oxygen atoms in total. The van der Waals surface area contributed by atoms with Gasteiger partial charge in [-0.1, -0.05) is 39.0 Å². The van der Waals surface area contributed by atoms with Crippen LogP contribution >= 0.6 is 0 Å². The summed E-state index contributed by atoms with van der Waals surface area (Å²) in [7, 11) is 0. The van der Waals surface area contributed by atoms with Crippen LogP contribution in [0, 0.1) is 5.92 Å². The van der Waals surface area contributed by atoms with E-state index in [4.69, 9.17) is 9.47 Å². The molecule has 0 spiro atoms. The van der Waals surface area contributed by atoms with E-state index < -0.39 is 0 Å². The Hall–Kier alpha value is -2.08. The van der Waals surface area contributed by atoms with Crippen LogP contribution in [-0.4, -0.2) is 66.6 Å². The maximum absolute atomic E-state index is 12.9. The normalized spacial score (nSPS) is 23.4. The fraction of sp³-hybridized carbons (Fsp3) is 0.667. The highest BCUT2D eigenvalue weighted by molar-refractivity contribution is 5.81. The predicted molar refractivity (Wildman–Crippen MR) is 117 cm³/mol. The van der Waals surface area contributed by atoms with Crippen molar-refractivity contribution < 1.29 is 19.1 Å². The summed E-state index contributed by atoms with van der Waals surface area (Å²) < 4.78 is 11.6. The fourth-order valence-electron chi connectivity index (χ4n) is 4.43. The topological polar surface area (TPSA) is 59.1 Å². The van der Waals surface area contributed by atoms with Crippen LogP contribution in [0.25, 0.3) is 0 Å². The Morgan fingerprint density at radius 1 is 1.03 bits per heavy atom. The SMILES string of the molecule is CC1CN(C(=O)C2CCN(C(=O)COc3ccccc3C(C)(C)C)CC2)CC(C)O1. The van der Waals surface area contributed by atoms with Crippen LogP contribution in [-0.2, 0) is 19.7 Å². The zero-order chi connectivity index (χ0) is 21.9. The molecule has 0 N–H and O–H groups in total. The number of piperidine rings is 1. The van der Waals surface area contributed by atoms with Crippen LogP contribution in [0.2, 0.25) is 0 Å². The molecule has 2 amide bonds. The third-order valence-corrected chi connectivity index (χ3v) is 5.97. The Kier molecular flexibility index (Phi) is 7.06. The maximum Gasteiger partial charge on any atom is 0.260 e. The molecule has 2 saturated heterocycles. The fourth-order valence-corrected chi connectivity index (χ4v) is 4.43. The van der Waals surface area contributed by atoms with Crippen molar-refractivity contribution in [1.82, 2.24) is 9.80 Å². The van der Waals surface area contributed by atoms with Crippen LogP contribution in [0.4, 0.5) is 0 Å². The van der Waals surface area contributed by atoms with Crippen LogP contribution < -0.4 is 4.74 Å². The van der Waals surface area contributed by atoms with Gasteiger partial charge in [0, 0.05) is 32.1 Å². The van der Waals surface area contributed by atoms with E-state index >= 15 is 0 Å². The second-order valence-corrected chi connectivity index (χ2v) is 9.69. The van der Waals surface area contributed by atoms with E-state index in [0.717, 1.165) is 11.3 Å². The number of carbonyl (C=O) groups excluding carboxylic acids is 2. The van der Waals surface area contributed by atoms with E-state index in [1.54, 1.807) is 0 Å². The van der Waals surface area contributed by atoms with Crippen LogP contribution in [0.15, 0.2) is 24.3 Å². The lowest BCUT2D eigenvalue weighted by molar-refractivity contribution is -0.150. The number of morpholine rings is 1. The van der Waals surface area contributed by atoms with Gasteiger partial charge < -0.3 is 19.3 Å². The molecule has 0 radical (unpaired) electrons. The largest absolute Gasteiger partial charge is 0.483 e. The van der Waals surface area contributed by atoms with Gasteiger partial charge in [-0.25, -0.2) is 0 Å². The molecule has 0 aliphatic carbocycles. The molecular formula is C24H36N2O4. The molecule has 6 heteroatoms. The molecule has 0 aromatic heterocycles. The first-order valence-electron chi connectivity index (χ1n) is 11.1. The van der Waals surface area contributed by atoms with Gasteiger partial charge in [-0.05, 0) is 43.7 Å². The highest BCUT2D eigenvalue weighted by Crippen LogP contribution is 2.31. The van der Waals surface area contributed by atoms with Gasteiger partial charge in [0.25, 0.3) is 5.91 Å². The van der Waals surface area contributed by atoms with Crippen molar-refractivity contribution in [1.29, 1.82) is 0 Å². The van der Waals surface area contributed by atoms with Crippen molar-refractivity contribution in [3.8, 4) is 5.75 Å². The molecule has 2 heterocycles. The summed E-state index contributed by atoms with van der Waals surface area (Å²) in [6.07, 6.45) is 1.58. The summed E-state index contributed by atoms with van der Waals surface area (Å²) in [6.45, 7) is 13.0. The van der Waals surface area contributed by atoms with E-state index in [0.29, 0.717) is 39.0 Å². The minimum absolute atomic E-state index is 0.00548. The number of hydrogen-bond acceptors (Lipinski definition) is 4. The molecule has 0 bridgehead atoms. The molecule has 1 aromatic rings. The maximum atomic E-state index is 12.9. The first kappa shape index (κ1) is 22.6. The molecule has 0 saturated carbocycles. The zero-order valence-corrected chi connectivity index (χ0v) is 19.0. The summed E-state index contributed by atoms with van der Waals surface area (Å²) in [4.78, 5) is 29.4. The second kappa shape index (κ2) is 9.38. The van der Waals surface area contributed by atoms with Crippen molar-refractivity contribution in [2.24, 2.45) is 5.92 Å². The number of nitrogens with zero attached hydrogens (tertiary/aromatic N) is 2. The summed E-state index contributed by atoms with van der Waals surface area (Å²) in [6, 6.07) is 7.89. The number of amides is 2. The molecule has 2 fully saturated rings. The Balaban J connectivity index is 1.50. The van der Waals surface area contributed by atoms with E-state index in [1.165, 1.54) is 0 Å². The number of rotatable bonds is 4. The van der Waals surface area contributed by atoms with Gasteiger partial charge in [0.15, 0.2) is 6.61 Å². The number of hydrogen-bond donors (Lipinski definition) is 0. The molecule has 30 heavy (non-hydrogen) atoms. The first-order chi connectivity index (χ1) is 14.1. The predicted octanol–water partition coefficient (Wildman–Crippen LogP) is 3.24. The summed E-state index contributed by atoms with van der Waals surface area (Å²) in [5.74, 6) is 0.950. The third-order valence-electron chi connectivity index (χ3n) is 5.97. The highest BCUT2D eigenvalue weighted by atomic mass is 16.5. The molecule has 3 rings (SSSR count). The zero-order valence-electron chi connectivity index (χ0n) is 19.0.